The van der Waals surface area contributed by atoms with Gasteiger partial charge in [-0.15, -0.1) is 11.3 Å². The van der Waals surface area contributed by atoms with E-state index in [-0.39, 0.29) is 0 Å². The minimum absolute atomic E-state index is 0.410. The highest BCUT2D eigenvalue weighted by Gasteiger charge is 2.38. The topological polar surface area (TPSA) is 38.7 Å². The summed E-state index contributed by atoms with van der Waals surface area (Å²) in [4.78, 5) is 15.5. The van der Waals surface area contributed by atoms with Crippen molar-refractivity contribution in [3.63, 3.8) is 0 Å². The van der Waals surface area contributed by atoms with Gasteiger partial charge < -0.3 is 0 Å². The molecule has 2 atom stereocenters. The first-order chi connectivity index (χ1) is 23.0. The van der Waals surface area contributed by atoms with Gasteiger partial charge in [0, 0.05) is 11.8 Å². The average molecular weight is 630 g/mol. The number of nitrogens with zero attached hydrogens (tertiary/aromatic N) is 3. The Morgan fingerprint density at radius 2 is 1.23 bits per heavy atom. The van der Waals surface area contributed by atoms with E-state index < -0.39 is 0 Å². The number of fused-ring (bicyclic) bond motifs is 4. The molecule has 3 aromatic heterocycles. The van der Waals surface area contributed by atoms with Gasteiger partial charge in [0.25, 0.3) is 0 Å². The molecule has 1 aliphatic carbocycles. The molecule has 3 nitrogen and oxygen atoms in total. The molecule has 47 heavy (non-hydrogen) atoms. The van der Waals surface area contributed by atoms with Gasteiger partial charge in [0.1, 0.15) is 15.9 Å². The smallest absolute Gasteiger partial charge is 0.213 e. The van der Waals surface area contributed by atoms with Crippen LogP contribution < -0.4 is 10.9 Å². The molecule has 0 radical (unpaired) electrons. The predicted molar refractivity (Wildman–Crippen MR) is 203 cm³/mol. The van der Waals surface area contributed by atoms with Gasteiger partial charge in [0.05, 0.1) is 15.7 Å². The van der Waals surface area contributed by atoms with Crippen molar-refractivity contribution in [2.45, 2.75) is 59.2 Å². The Hall–Kier alpha value is -4.35. The van der Waals surface area contributed by atoms with E-state index >= 15 is 0 Å². The zero-order valence-corrected chi connectivity index (χ0v) is 28.5. The Morgan fingerprint density at radius 3 is 1.89 bits per heavy atom. The minimum atomic E-state index is 0.410. The zero-order chi connectivity index (χ0) is 32.1. The Kier molecular flexibility index (Phi) is 7.89. The maximum atomic E-state index is 4.93. The monoisotopic (exact) mass is 629 g/mol. The summed E-state index contributed by atoms with van der Waals surface area (Å²) in [5.74, 6) is 2.04. The van der Waals surface area contributed by atoms with E-state index in [4.69, 9.17) is 15.0 Å². The van der Waals surface area contributed by atoms with Crippen molar-refractivity contribution in [2.75, 3.05) is 0 Å². The van der Waals surface area contributed by atoms with Gasteiger partial charge in [0.15, 0.2) is 0 Å². The molecule has 2 unspecified atom stereocenters. The molecule has 1 saturated carbocycles. The summed E-state index contributed by atoms with van der Waals surface area (Å²) in [6.45, 7) is 10.0. The molecule has 7 aromatic rings. The van der Waals surface area contributed by atoms with Crippen LogP contribution >= 0.6 is 11.3 Å². The number of para-hydroxylation sites is 2. The number of pyridine rings is 1. The van der Waals surface area contributed by atoms with Gasteiger partial charge in [-0.3, -0.25) is 4.98 Å². The molecule has 1 fully saturated rings. The van der Waals surface area contributed by atoms with Gasteiger partial charge in [-0.2, -0.15) is 0 Å². The number of hydrogen-bond donors (Lipinski definition) is 0. The van der Waals surface area contributed by atoms with Crippen molar-refractivity contribution in [3.8, 4) is 22.3 Å². The average Bonchev–Trinajstić information content (AvgIpc) is 3.37. The zero-order valence-electron chi connectivity index (χ0n) is 27.7. The molecule has 0 bridgehead atoms. The van der Waals surface area contributed by atoms with Gasteiger partial charge >= 0.3 is 0 Å². The maximum absolute atomic E-state index is 4.93. The molecule has 5 heteroatoms. The second kappa shape index (κ2) is 12.4. The Morgan fingerprint density at radius 1 is 0.638 bits per heavy atom. The first kappa shape index (κ1) is 30.0. The van der Waals surface area contributed by atoms with E-state index in [0.29, 0.717) is 24.4 Å². The van der Waals surface area contributed by atoms with E-state index in [1.54, 1.807) is 16.8 Å². The molecule has 232 valence electrons. The van der Waals surface area contributed by atoms with Crippen molar-refractivity contribution in [1.29, 1.82) is 0 Å². The minimum Gasteiger partial charge on any atom is -0.253 e. The molecule has 0 saturated heterocycles. The van der Waals surface area contributed by atoms with Crippen LogP contribution in [0.3, 0.4) is 0 Å². The largest absolute Gasteiger partial charge is 0.253 e. The lowest BCUT2D eigenvalue weighted by Gasteiger charge is -2.35. The summed E-state index contributed by atoms with van der Waals surface area (Å²) < 4.78 is 1.13. The van der Waals surface area contributed by atoms with Crippen LogP contribution in [0.2, 0.25) is 5.82 Å². The van der Waals surface area contributed by atoms with Gasteiger partial charge in [0.2, 0.25) is 6.71 Å². The summed E-state index contributed by atoms with van der Waals surface area (Å²) >= 11 is 1.68. The molecule has 1 aliphatic rings. The van der Waals surface area contributed by atoms with Crippen molar-refractivity contribution in [1.82, 2.24) is 15.0 Å². The van der Waals surface area contributed by atoms with Crippen molar-refractivity contribution >= 4 is 60.6 Å². The van der Waals surface area contributed by atoms with E-state index in [2.05, 4.69) is 100 Å². The standard InChI is InChI=1S/C42H40BN3S/c1-26-10-5-6-11-27(2)37(26)43(38-28(3)12-9-13-29(38)4)33-22-20-31(21-23-33)30-16-18-32(19-17-30)34-24-25-44-39-40-42(47-41(34)39)46-36-15-8-7-14-35(36)45-40/h7-9,12-27,37H,5-6,10-11H2,1-4H3. The molecular formula is C42H40BN3S. The summed E-state index contributed by atoms with van der Waals surface area (Å²) in [6, 6.07) is 35.5. The summed E-state index contributed by atoms with van der Waals surface area (Å²) in [5, 5.41) is 0. The molecule has 0 amide bonds. The number of aromatic nitrogens is 3. The van der Waals surface area contributed by atoms with E-state index in [1.165, 1.54) is 64.5 Å². The molecule has 4 aromatic carbocycles. The van der Waals surface area contributed by atoms with Gasteiger partial charge in [-0.1, -0.05) is 140 Å². The highest BCUT2D eigenvalue weighted by Crippen LogP contribution is 2.41. The van der Waals surface area contributed by atoms with Crippen LogP contribution in [0.5, 0.6) is 0 Å². The number of hydrogen-bond acceptors (Lipinski definition) is 4. The predicted octanol–water partition coefficient (Wildman–Crippen LogP) is 10.2. The molecule has 8 rings (SSSR count). The Bertz CT molecular complexity index is 2190. The summed E-state index contributed by atoms with van der Waals surface area (Å²) in [6.07, 6.45) is 7.27. The van der Waals surface area contributed by atoms with Crippen LogP contribution in [0, 0.1) is 25.7 Å². The molecule has 0 N–H and O–H groups in total. The van der Waals surface area contributed by atoms with Crippen molar-refractivity contribution < 1.29 is 0 Å². The Balaban J connectivity index is 1.14. The fourth-order valence-corrected chi connectivity index (χ4v) is 9.53. The molecule has 3 heterocycles. The summed E-state index contributed by atoms with van der Waals surface area (Å²) in [5.41, 5.74) is 14.3. The third-order valence-corrected chi connectivity index (χ3v) is 11.9. The van der Waals surface area contributed by atoms with E-state index in [0.717, 1.165) is 31.6 Å². The van der Waals surface area contributed by atoms with E-state index in [9.17, 15) is 0 Å². The van der Waals surface area contributed by atoms with Crippen molar-refractivity contribution in [3.05, 3.63) is 114 Å². The number of benzene rings is 4. The lowest BCUT2D eigenvalue weighted by atomic mass is 9.29. The van der Waals surface area contributed by atoms with Crippen LogP contribution in [-0.4, -0.2) is 21.7 Å². The third kappa shape index (κ3) is 5.45. The maximum Gasteiger partial charge on any atom is 0.213 e. The van der Waals surface area contributed by atoms with Crippen LogP contribution in [0.15, 0.2) is 103 Å². The normalized spacial score (nSPS) is 18.5. The second-order valence-corrected chi connectivity index (χ2v) is 14.8. The van der Waals surface area contributed by atoms with Crippen molar-refractivity contribution in [2.24, 2.45) is 11.8 Å². The first-order valence-corrected chi connectivity index (χ1v) is 18.0. The third-order valence-electron chi connectivity index (χ3n) is 10.8. The van der Waals surface area contributed by atoms with E-state index in [1.807, 2.05) is 30.5 Å². The van der Waals surface area contributed by atoms with Crippen LogP contribution in [0.1, 0.15) is 50.7 Å². The first-order valence-electron chi connectivity index (χ1n) is 17.2. The lowest BCUT2D eigenvalue weighted by molar-refractivity contribution is 0.418. The number of rotatable bonds is 5. The molecule has 0 spiro atoms. The number of thiophene rings is 1. The fraction of sp³-hybridized carbons (Fsp3) is 0.262. The van der Waals surface area contributed by atoms with Gasteiger partial charge in [-0.05, 0) is 66.4 Å². The van der Waals surface area contributed by atoms with Crippen LogP contribution in [0.4, 0.5) is 0 Å². The highest BCUT2D eigenvalue weighted by atomic mass is 32.1. The van der Waals surface area contributed by atoms with Crippen LogP contribution in [0.25, 0.3) is 53.9 Å². The molecule has 0 aliphatic heterocycles. The van der Waals surface area contributed by atoms with Crippen LogP contribution in [-0.2, 0) is 0 Å². The SMILES string of the molecule is Cc1cccc(C)c1B(c1ccc(-c2ccc(-c3ccnc4c3sc3nc5ccccc5nc34)cc2)cc1)C1C(C)CCCCC1C. The highest BCUT2D eigenvalue weighted by molar-refractivity contribution is 7.25. The quantitative estimate of drug-likeness (QED) is 0.141. The fourth-order valence-electron chi connectivity index (χ4n) is 8.41. The summed E-state index contributed by atoms with van der Waals surface area (Å²) in [7, 11) is 0. The number of aryl methyl sites for hydroxylation is 2. The van der Waals surface area contributed by atoms with Gasteiger partial charge in [-0.25, -0.2) is 9.97 Å². The second-order valence-electron chi connectivity index (χ2n) is 13.8. The Labute approximate surface area is 282 Å². The lowest BCUT2D eigenvalue weighted by Crippen LogP contribution is -2.51. The molecular weight excluding hydrogens is 589 g/mol.